The van der Waals surface area contributed by atoms with Crippen LogP contribution in [0.2, 0.25) is 0 Å². The zero-order valence-corrected chi connectivity index (χ0v) is 17.7. The maximum atomic E-state index is 13.4. The number of benzene rings is 2. The summed E-state index contributed by atoms with van der Waals surface area (Å²) in [4.78, 5) is 12.5. The highest BCUT2D eigenvalue weighted by Gasteiger charge is 2.15. The van der Waals surface area contributed by atoms with Gasteiger partial charge in [0.2, 0.25) is 0 Å². The van der Waals surface area contributed by atoms with E-state index in [2.05, 4.69) is 9.97 Å². The van der Waals surface area contributed by atoms with Crippen LogP contribution in [0.15, 0.2) is 83.1 Å². The van der Waals surface area contributed by atoms with Crippen molar-refractivity contribution in [2.75, 3.05) is 6.26 Å². The second-order valence-corrected chi connectivity index (χ2v) is 9.70. The number of rotatable bonds is 6. The summed E-state index contributed by atoms with van der Waals surface area (Å²) < 4.78 is 36.6. The number of H-pyrrole nitrogens is 1. The maximum absolute atomic E-state index is 13.4. The third-order valence-corrected chi connectivity index (χ3v) is 6.55. The third-order valence-electron chi connectivity index (χ3n) is 4.48. The molecule has 0 aliphatic carbocycles. The smallest absolute Gasteiger partial charge is 0.175 e. The molecule has 0 atom stereocenters. The van der Waals surface area contributed by atoms with Gasteiger partial charge in [-0.25, -0.2) is 17.8 Å². The lowest BCUT2D eigenvalue weighted by Crippen LogP contribution is -1.96. The van der Waals surface area contributed by atoms with Crippen molar-refractivity contribution in [3.8, 4) is 22.5 Å². The Hall–Kier alpha value is -2.97. The summed E-state index contributed by atoms with van der Waals surface area (Å²) in [5, 5.41) is 0.709. The summed E-state index contributed by atoms with van der Waals surface area (Å²) in [5.74, 6) is 0.320. The molecule has 0 radical (unpaired) electrons. The van der Waals surface area contributed by atoms with Crippen LogP contribution in [0.25, 0.3) is 22.5 Å². The van der Waals surface area contributed by atoms with Gasteiger partial charge in [-0.2, -0.15) is 0 Å². The van der Waals surface area contributed by atoms with E-state index in [1.165, 1.54) is 30.2 Å². The van der Waals surface area contributed by atoms with Gasteiger partial charge >= 0.3 is 0 Å². The number of nitrogens with one attached hydrogen (secondary N) is 1. The van der Waals surface area contributed by atoms with Gasteiger partial charge in [-0.1, -0.05) is 23.9 Å². The molecule has 0 aliphatic heterocycles. The molecule has 2 heterocycles. The fraction of sp³-hybridized carbons (Fsp3) is 0.0909. The molecule has 2 aromatic heterocycles. The molecule has 0 spiro atoms. The molecule has 30 heavy (non-hydrogen) atoms. The van der Waals surface area contributed by atoms with E-state index in [1.807, 2.05) is 12.1 Å². The number of aromatic nitrogens is 3. The molecule has 0 bridgehead atoms. The van der Waals surface area contributed by atoms with Crippen molar-refractivity contribution in [1.82, 2.24) is 15.0 Å². The molecule has 0 saturated carbocycles. The van der Waals surface area contributed by atoms with Crippen LogP contribution < -0.4 is 0 Å². The fourth-order valence-corrected chi connectivity index (χ4v) is 4.40. The van der Waals surface area contributed by atoms with Crippen molar-refractivity contribution in [1.29, 1.82) is 0 Å². The van der Waals surface area contributed by atoms with E-state index >= 15 is 0 Å². The Bertz CT molecular complexity index is 1250. The minimum Gasteiger partial charge on any atom is -0.332 e. The first kappa shape index (κ1) is 20.3. The molecular formula is C22H18FN3O2S2. The highest BCUT2D eigenvalue weighted by atomic mass is 32.2. The molecule has 4 rings (SSSR count). The molecule has 0 unspecified atom stereocenters. The quantitative estimate of drug-likeness (QED) is 0.429. The van der Waals surface area contributed by atoms with Crippen LogP contribution in [0.4, 0.5) is 4.39 Å². The highest BCUT2D eigenvalue weighted by Crippen LogP contribution is 2.33. The predicted molar refractivity (Wildman–Crippen MR) is 116 cm³/mol. The number of thioether (sulfide) groups is 1. The zero-order chi connectivity index (χ0) is 21.1. The van der Waals surface area contributed by atoms with Crippen molar-refractivity contribution < 1.29 is 12.8 Å². The second-order valence-electron chi connectivity index (χ2n) is 6.72. The van der Waals surface area contributed by atoms with E-state index in [0.717, 1.165) is 28.1 Å². The molecule has 0 amide bonds. The van der Waals surface area contributed by atoms with Crippen molar-refractivity contribution in [2.45, 2.75) is 15.8 Å². The molecule has 8 heteroatoms. The van der Waals surface area contributed by atoms with Crippen LogP contribution in [0, 0.1) is 5.82 Å². The number of hydrogen-bond donors (Lipinski definition) is 1. The number of nitrogens with zero attached hydrogens (tertiary/aromatic N) is 2. The monoisotopic (exact) mass is 439 g/mol. The molecular weight excluding hydrogens is 421 g/mol. The Labute approximate surface area is 178 Å². The van der Waals surface area contributed by atoms with Crippen LogP contribution in [0.5, 0.6) is 0 Å². The number of aromatic amines is 1. The number of imidazole rings is 1. The van der Waals surface area contributed by atoms with Crippen LogP contribution in [0.3, 0.4) is 0 Å². The normalized spacial score (nSPS) is 11.5. The van der Waals surface area contributed by atoms with E-state index in [1.54, 1.807) is 48.8 Å². The average molecular weight is 440 g/mol. The Kier molecular flexibility index (Phi) is 5.69. The molecule has 0 aliphatic rings. The van der Waals surface area contributed by atoms with Gasteiger partial charge < -0.3 is 4.98 Å². The summed E-state index contributed by atoms with van der Waals surface area (Å²) in [5.41, 5.74) is 4.20. The summed E-state index contributed by atoms with van der Waals surface area (Å²) >= 11 is 1.50. The topological polar surface area (TPSA) is 75.7 Å². The molecule has 4 aromatic rings. The summed E-state index contributed by atoms with van der Waals surface area (Å²) in [6, 6.07) is 16.8. The van der Waals surface area contributed by atoms with Crippen LogP contribution in [-0.2, 0) is 15.6 Å². The van der Waals surface area contributed by atoms with Crippen molar-refractivity contribution in [3.63, 3.8) is 0 Å². The van der Waals surface area contributed by atoms with E-state index in [9.17, 15) is 12.8 Å². The lowest BCUT2D eigenvalue weighted by Gasteiger charge is -2.02. The Morgan fingerprint density at radius 2 is 1.73 bits per heavy atom. The lowest BCUT2D eigenvalue weighted by molar-refractivity contribution is 0.602. The van der Waals surface area contributed by atoms with E-state index in [-0.39, 0.29) is 5.82 Å². The van der Waals surface area contributed by atoms with Gasteiger partial charge in [0.25, 0.3) is 0 Å². The lowest BCUT2D eigenvalue weighted by atomic mass is 10.1. The van der Waals surface area contributed by atoms with Gasteiger partial charge in [0.05, 0.1) is 16.3 Å². The molecule has 0 saturated heterocycles. The number of hydrogen-bond acceptors (Lipinski definition) is 5. The van der Waals surface area contributed by atoms with Gasteiger partial charge in [-0.05, 0) is 54.1 Å². The first-order valence-corrected chi connectivity index (χ1v) is 12.0. The Morgan fingerprint density at radius 3 is 2.37 bits per heavy atom. The van der Waals surface area contributed by atoms with Crippen molar-refractivity contribution in [2.24, 2.45) is 0 Å². The minimum atomic E-state index is -3.21. The Morgan fingerprint density at radius 1 is 1.00 bits per heavy atom. The second kappa shape index (κ2) is 8.41. The third kappa shape index (κ3) is 4.60. The molecule has 5 nitrogen and oxygen atoms in total. The number of halogens is 1. The van der Waals surface area contributed by atoms with Gasteiger partial charge in [0.1, 0.15) is 5.82 Å². The predicted octanol–water partition coefficient (Wildman–Crippen LogP) is 4.97. The molecule has 2 aromatic carbocycles. The Balaban J connectivity index is 1.62. The largest absolute Gasteiger partial charge is 0.332 e. The van der Waals surface area contributed by atoms with E-state index < -0.39 is 9.84 Å². The number of pyridine rings is 1. The summed E-state index contributed by atoms with van der Waals surface area (Å²) in [7, 11) is -3.21. The average Bonchev–Trinajstić information content (AvgIpc) is 3.17. The first-order valence-electron chi connectivity index (χ1n) is 9.08. The van der Waals surface area contributed by atoms with Crippen LogP contribution >= 0.6 is 11.8 Å². The number of sulfone groups is 1. The van der Waals surface area contributed by atoms with Crippen LogP contribution in [0.1, 0.15) is 5.56 Å². The summed E-state index contributed by atoms with van der Waals surface area (Å²) in [6.45, 7) is 0. The SMILES string of the molecule is CS(=O)(=O)c1ccc(CSc2nc(-c3cccnc3)c(-c3ccc(F)cc3)[nH]2)cc1. The van der Waals surface area contributed by atoms with Crippen molar-refractivity contribution >= 4 is 21.6 Å². The fourth-order valence-electron chi connectivity index (χ4n) is 2.94. The van der Waals surface area contributed by atoms with Gasteiger partial charge in [-0.15, -0.1) is 0 Å². The van der Waals surface area contributed by atoms with Crippen molar-refractivity contribution in [3.05, 3.63) is 84.4 Å². The first-order chi connectivity index (χ1) is 14.4. The van der Waals surface area contributed by atoms with E-state index in [4.69, 9.17) is 4.98 Å². The summed E-state index contributed by atoms with van der Waals surface area (Å²) in [6.07, 6.45) is 4.63. The maximum Gasteiger partial charge on any atom is 0.175 e. The van der Waals surface area contributed by atoms with Gasteiger partial charge in [0.15, 0.2) is 15.0 Å². The standard InChI is InChI=1S/C22H18FN3O2S2/c1-30(27,28)19-10-4-15(5-11-19)14-29-22-25-20(16-6-8-18(23)9-7-16)21(26-22)17-3-2-12-24-13-17/h2-13H,14H2,1H3,(H,25,26). The van der Waals surface area contributed by atoms with E-state index in [0.29, 0.717) is 15.8 Å². The molecule has 1 N–H and O–H groups in total. The molecule has 152 valence electrons. The minimum absolute atomic E-state index is 0.298. The molecule has 0 fully saturated rings. The highest BCUT2D eigenvalue weighted by molar-refractivity contribution is 7.98. The van der Waals surface area contributed by atoms with Gasteiger partial charge in [-0.3, -0.25) is 4.98 Å². The zero-order valence-electron chi connectivity index (χ0n) is 16.0. The van der Waals surface area contributed by atoms with Gasteiger partial charge in [0, 0.05) is 35.5 Å². The van der Waals surface area contributed by atoms with Crippen LogP contribution in [-0.4, -0.2) is 29.6 Å².